The fraction of sp³-hybridized carbons (Fsp3) is 0.588. The number of nitrogens with zero attached hydrogens (tertiary/aromatic N) is 2. The highest BCUT2D eigenvalue weighted by Gasteiger charge is 2.26. The van der Waals surface area contributed by atoms with Gasteiger partial charge >= 0.3 is 5.97 Å². The van der Waals surface area contributed by atoms with E-state index < -0.39 is 5.97 Å². The number of rotatable bonds is 4. The van der Waals surface area contributed by atoms with Crippen LogP contribution in [-0.2, 0) is 17.6 Å². The molecule has 0 aliphatic heterocycles. The molecule has 7 heteroatoms. The Hall–Kier alpha value is -1.34. The van der Waals surface area contributed by atoms with Crippen LogP contribution in [0.3, 0.4) is 0 Å². The Morgan fingerprint density at radius 3 is 2.83 bits per heavy atom. The Balaban J connectivity index is 1.87. The van der Waals surface area contributed by atoms with Crippen molar-refractivity contribution >= 4 is 41.0 Å². The molecule has 2 heterocycles. The summed E-state index contributed by atoms with van der Waals surface area (Å²) < 4.78 is 8.84. The first-order chi connectivity index (χ1) is 11.6. The van der Waals surface area contributed by atoms with Crippen molar-refractivity contribution in [3.8, 4) is 0 Å². The second-order valence-electron chi connectivity index (χ2n) is 6.58. The zero-order valence-corrected chi connectivity index (χ0v) is 15.0. The summed E-state index contributed by atoms with van der Waals surface area (Å²) in [5.74, 6) is 0.157. The van der Waals surface area contributed by atoms with Crippen LogP contribution in [0.4, 0.5) is 0 Å². The van der Waals surface area contributed by atoms with Crippen LogP contribution >= 0.6 is 24.0 Å². The molecule has 0 unspecified atom stereocenters. The van der Waals surface area contributed by atoms with E-state index in [2.05, 4.69) is 9.55 Å². The maximum absolute atomic E-state index is 11.0. The molecule has 128 valence electrons. The smallest absolute Gasteiger partial charge is 0.313 e. The Morgan fingerprint density at radius 1 is 1.29 bits per heavy atom. The predicted molar refractivity (Wildman–Crippen MR) is 95.3 cm³/mol. The monoisotopic (exact) mass is 364 g/mol. The van der Waals surface area contributed by atoms with Gasteiger partial charge in [-0.1, -0.05) is 43.2 Å². The molecule has 0 bridgehead atoms. The number of aromatic nitrogens is 2. The second-order valence-corrected chi connectivity index (χ2v) is 7.91. The first-order valence-corrected chi connectivity index (χ1v) is 9.96. The van der Waals surface area contributed by atoms with Crippen molar-refractivity contribution in [2.24, 2.45) is 0 Å². The van der Waals surface area contributed by atoms with Gasteiger partial charge in [0.15, 0.2) is 5.16 Å². The van der Waals surface area contributed by atoms with Gasteiger partial charge in [0.1, 0.15) is 10.4 Å². The number of fused-ring (bicyclic) bond motifs is 3. The van der Waals surface area contributed by atoms with Gasteiger partial charge in [-0.3, -0.25) is 4.79 Å². The molecule has 0 atom stereocenters. The molecule has 0 radical (unpaired) electrons. The summed E-state index contributed by atoms with van der Waals surface area (Å²) in [6.07, 6.45) is 8.87. The second kappa shape index (κ2) is 6.52. The van der Waals surface area contributed by atoms with Crippen molar-refractivity contribution in [1.29, 1.82) is 0 Å². The number of aliphatic carboxylic acids is 1. The lowest BCUT2D eigenvalue weighted by Crippen LogP contribution is -2.17. The maximum Gasteiger partial charge on any atom is 0.313 e. The number of thioether (sulfide) groups is 1. The minimum absolute atomic E-state index is 0.0135. The molecule has 2 aromatic heterocycles. The number of aryl methyl sites for hydroxylation is 2. The Kier molecular flexibility index (Phi) is 4.39. The van der Waals surface area contributed by atoms with Gasteiger partial charge < -0.3 is 14.1 Å². The Morgan fingerprint density at radius 2 is 2.08 bits per heavy atom. The van der Waals surface area contributed by atoms with Crippen LogP contribution < -0.4 is 0 Å². The van der Waals surface area contributed by atoms with E-state index in [1.54, 1.807) is 0 Å². The molecule has 1 N–H and O–H groups in total. The third-order valence-corrected chi connectivity index (χ3v) is 6.34. The minimum Gasteiger partial charge on any atom is -0.481 e. The number of hydrogen-bond donors (Lipinski definition) is 1. The van der Waals surface area contributed by atoms with Gasteiger partial charge in [-0.2, -0.15) is 4.98 Å². The molecule has 2 aliphatic carbocycles. The molecule has 0 saturated heterocycles. The zero-order valence-electron chi connectivity index (χ0n) is 13.4. The highest BCUT2D eigenvalue weighted by Crippen LogP contribution is 2.38. The number of carbonyl (C=O) groups is 1. The van der Waals surface area contributed by atoms with Crippen LogP contribution in [0.1, 0.15) is 55.9 Å². The number of carboxylic acids is 1. The third-order valence-electron chi connectivity index (χ3n) is 5.00. The van der Waals surface area contributed by atoms with Crippen molar-refractivity contribution in [2.75, 3.05) is 5.75 Å². The molecule has 2 aromatic rings. The standard InChI is InChI=1S/C17H20N2O3S2/c20-13(21)9-24-17-18-15-14(11-7-4-8-12(11)22-15)16(23)19(17)10-5-2-1-3-6-10/h10H,1-9H2,(H,20,21). The lowest BCUT2D eigenvalue weighted by molar-refractivity contribution is -0.133. The van der Waals surface area contributed by atoms with Gasteiger partial charge in [0.25, 0.3) is 0 Å². The van der Waals surface area contributed by atoms with Crippen LogP contribution in [0.25, 0.3) is 11.1 Å². The highest BCUT2D eigenvalue weighted by molar-refractivity contribution is 7.99. The third kappa shape index (κ3) is 2.77. The molecule has 0 aromatic carbocycles. The predicted octanol–water partition coefficient (Wildman–Crippen LogP) is 4.53. The summed E-state index contributed by atoms with van der Waals surface area (Å²) in [6, 6.07) is 0.325. The molecule has 2 aliphatic rings. The summed E-state index contributed by atoms with van der Waals surface area (Å²) in [6.45, 7) is 0. The Labute approximate surface area is 149 Å². The molecular formula is C17H20N2O3S2. The molecule has 0 amide bonds. The van der Waals surface area contributed by atoms with Gasteiger partial charge in [0.05, 0.1) is 11.1 Å². The largest absolute Gasteiger partial charge is 0.481 e. The van der Waals surface area contributed by atoms with E-state index in [4.69, 9.17) is 21.7 Å². The fourth-order valence-corrected chi connectivity index (χ4v) is 5.21. The summed E-state index contributed by atoms with van der Waals surface area (Å²) in [4.78, 5) is 15.7. The van der Waals surface area contributed by atoms with Crippen LogP contribution in [0.5, 0.6) is 0 Å². The summed E-state index contributed by atoms with van der Waals surface area (Å²) in [7, 11) is 0. The fourth-order valence-electron chi connectivity index (χ4n) is 3.93. The van der Waals surface area contributed by atoms with Gasteiger partial charge in [0, 0.05) is 18.0 Å². The topological polar surface area (TPSA) is 68.3 Å². The van der Waals surface area contributed by atoms with Crippen molar-refractivity contribution in [1.82, 2.24) is 9.55 Å². The zero-order chi connectivity index (χ0) is 16.7. The molecule has 1 saturated carbocycles. The molecule has 5 nitrogen and oxygen atoms in total. The molecule has 0 spiro atoms. The van der Waals surface area contributed by atoms with E-state index in [0.29, 0.717) is 16.9 Å². The van der Waals surface area contributed by atoms with Crippen molar-refractivity contribution in [3.63, 3.8) is 0 Å². The van der Waals surface area contributed by atoms with E-state index in [1.165, 1.54) is 36.6 Å². The normalized spacial score (nSPS) is 18.2. The Bertz CT molecular complexity index is 850. The SMILES string of the molecule is O=C(O)CSc1nc2oc3c(c2c(=S)n1C1CCCCC1)CCC3. The van der Waals surface area contributed by atoms with E-state index >= 15 is 0 Å². The first kappa shape index (κ1) is 16.1. The molecule has 1 fully saturated rings. The van der Waals surface area contributed by atoms with E-state index in [9.17, 15) is 4.79 Å². The van der Waals surface area contributed by atoms with Gasteiger partial charge in [-0.05, 0) is 25.7 Å². The van der Waals surface area contributed by atoms with Gasteiger partial charge in [-0.25, -0.2) is 0 Å². The lowest BCUT2D eigenvalue weighted by atomic mass is 9.95. The van der Waals surface area contributed by atoms with Crippen LogP contribution in [0, 0.1) is 4.64 Å². The van der Waals surface area contributed by atoms with Crippen LogP contribution in [-0.4, -0.2) is 26.4 Å². The maximum atomic E-state index is 11.0. The minimum atomic E-state index is -0.843. The van der Waals surface area contributed by atoms with Crippen molar-refractivity contribution in [3.05, 3.63) is 16.0 Å². The van der Waals surface area contributed by atoms with Gasteiger partial charge in [0.2, 0.25) is 5.71 Å². The first-order valence-electron chi connectivity index (χ1n) is 8.56. The summed E-state index contributed by atoms with van der Waals surface area (Å²) in [5, 5.41) is 10.7. The van der Waals surface area contributed by atoms with E-state index in [-0.39, 0.29) is 5.75 Å². The number of furan rings is 1. The van der Waals surface area contributed by atoms with E-state index in [1.807, 2.05) is 0 Å². The summed E-state index contributed by atoms with van der Waals surface area (Å²) >= 11 is 7.08. The molecule has 4 rings (SSSR count). The van der Waals surface area contributed by atoms with Crippen LogP contribution in [0.15, 0.2) is 9.57 Å². The van der Waals surface area contributed by atoms with Gasteiger partial charge in [-0.15, -0.1) is 0 Å². The quantitative estimate of drug-likeness (QED) is 0.488. The highest BCUT2D eigenvalue weighted by atomic mass is 32.2. The number of carboxylic acid groups (broad SMARTS) is 1. The number of hydrogen-bond acceptors (Lipinski definition) is 5. The van der Waals surface area contributed by atoms with Crippen molar-refractivity contribution in [2.45, 2.75) is 62.6 Å². The lowest BCUT2D eigenvalue weighted by Gasteiger charge is -2.26. The summed E-state index contributed by atoms with van der Waals surface area (Å²) in [5.41, 5.74) is 1.81. The van der Waals surface area contributed by atoms with E-state index in [0.717, 1.165) is 47.9 Å². The average molecular weight is 364 g/mol. The average Bonchev–Trinajstić information content (AvgIpc) is 3.14. The molecule has 24 heavy (non-hydrogen) atoms. The van der Waals surface area contributed by atoms with Crippen LogP contribution in [0.2, 0.25) is 0 Å². The molecular weight excluding hydrogens is 344 g/mol. The van der Waals surface area contributed by atoms with Crippen molar-refractivity contribution < 1.29 is 14.3 Å².